The lowest BCUT2D eigenvalue weighted by Gasteiger charge is -2.12. The minimum atomic E-state index is -0.416. The van der Waals surface area contributed by atoms with E-state index in [-0.39, 0.29) is 11.5 Å². The number of thioether (sulfide) groups is 1. The Kier molecular flexibility index (Phi) is 5.70. The third kappa shape index (κ3) is 4.97. The van der Waals surface area contributed by atoms with Crippen LogP contribution in [0.25, 0.3) is 0 Å². The van der Waals surface area contributed by atoms with Crippen molar-refractivity contribution in [1.82, 2.24) is 9.97 Å². The molecular formula is C19H17N3O3S. The number of hydrogen-bond acceptors (Lipinski definition) is 5. The highest BCUT2D eigenvalue weighted by Gasteiger charge is 2.15. The molecule has 0 fully saturated rings. The Bertz CT molecular complexity index is 927. The number of nitrogens with zero attached hydrogens (tertiary/aromatic N) is 1. The van der Waals surface area contributed by atoms with E-state index < -0.39 is 5.25 Å². The molecule has 0 bridgehead atoms. The number of nitrogens with one attached hydrogen (secondary N) is 2. The topological polar surface area (TPSA) is 84.1 Å². The number of aromatic nitrogens is 2. The van der Waals surface area contributed by atoms with Crippen LogP contribution in [-0.2, 0) is 4.79 Å². The molecule has 1 aromatic heterocycles. The Morgan fingerprint density at radius 2 is 1.77 bits per heavy atom. The average molecular weight is 367 g/mol. The molecule has 0 radical (unpaired) electrons. The van der Waals surface area contributed by atoms with Gasteiger partial charge in [-0.3, -0.25) is 9.59 Å². The van der Waals surface area contributed by atoms with Gasteiger partial charge < -0.3 is 15.0 Å². The lowest BCUT2D eigenvalue weighted by atomic mass is 10.3. The second kappa shape index (κ2) is 8.35. The molecule has 0 aliphatic heterocycles. The third-order valence-electron chi connectivity index (χ3n) is 3.41. The van der Waals surface area contributed by atoms with Gasteiger partial charge in [0.1, 0.15) is 11.5 Å². The van der Waals surface area contributed by atoms with Crippen LogP contribution in [0.3, 0.4) is 0 Å². The van der Waals surface area contributed by atoms with Crippen molar-refractivity contribution in [2.45, 2.75) is 17.3 Å². The molecule has 7 heteroatoms. The van der Waals surface area contributed by atoms with Gasteiger partial charge in [-0.25, -0.2) is 4.98 Å². The van der Waals surface area contributed by atoms with Crippen LogP contribution in [-0.4, -0.2) is 21.1 Å². The summed E-state index contributed by atoms with van der Waals surface area (Å²) in [7, 11) is 0. The van der Waals surface area contributed by atoms with E-state index in [1.165, 1.54) is 24.0 Å². The van der Waals surface area contributed by atoms with Crippen LogP contribution in [0.1, 0.15) is 6.92 Å². The quantitative estimate of drug-likeness (QED) is 0.513. The number of para-hydroxylation sites is 1. The maximum Gasteiger partial charge on any atom is 0.251 e. The molecule has 1 atom stereocenters. The predicted octanol–water partition coefficient (Wildman–Crippen LogP) is 3.68. The fourth-order valence-electron chi connectivity index (χ4n) is 2.11. The Hall–Kier alpha value is -3.06. The first-order valence-electron chi connectivity index (χ1n) is 7.96. The first-order valence-corrected chi connectivity index (χ1v) is 8.84. The summed E-state index contributed by atoms with van der Waals surface area (Å²) in [5.74, 6) is 1.25. The molecule has 2 N–H and O–H groups in total. The smallest absolute Gasteiger partial charge is 0.251 e. The molecule has 2 aromatic carbocycles. The number of carbonyl (C=O) groups is 1. The molecular weight excluding hydrogens is 350 g/mol. The minimum Gasteiger partial charge on any atom is -0.457 e. The van der Waals surface area contributed by atoms with Crippen molar-refractivity contribution < 1.29 is 9.53 Å². The number of H-pyrrole nitrogens is 1. The second-order valence-corrected chi connectivity index (χ2v) is 6.76. The highest BCUT2D eigenvalue weighted by atomic mass is 32.2. The number of rotatable bonds is 6. The number of amides is 1. The number of benzene rings is 2. The number of anilines is 1. The Labute approximate surface area is 154 Å². The number of hydrogen-bond donors (Lipinski definition) is 2. The van der Waals surface area contributed by atoms with Gasteiger partial charge in [-0.05, 0) is 43.3 Å². The largest absolute Gasteiger partial charge is 0.457 e. The fraction of sp³-hybridized carbons (Fsp3) is 0.105. The molecule has 0 saturated heterocycles. The van der Waals surface area contributed by atoms with E-state index in [9.17, 15) is 9.59 Å². The molecule has 0 aliphatic rings. The second-order valence-electron chi connectivity index (χ2n) is 5.43. The van der Waals surface area contributed by atoms with Crippen molar-refractivity contribution in [2.75, 3.05) is 5.32 Å². The maximum atomic E-state index is 12.3. The van der Waals surface area contributed by atoms with E-state index in [0.29, 0.717) is 16.6 Å². The van der Waals surface area contributed by atoms with Crippen LogP contribution in [0.15, 0.2) is 76.8 Å². The first kappa shape index (κ1) is 17.8. The molecule has 0 unspecified atom stereocenters. The van der Waals surface area contributed by atoms with E-state index in [0.717, 1.165) is 5.75 Å². The molecule has 0 spiro atoms. The van der Waals surface area contributed by atoms with Crippen LogP contribution in [0.4, 0.5) is 5.69 Å². The van der Waals surface area contributed by atoms with Gasteiger partial charge in [0.05, 0.1) is 5.25 Å². The van der Waals surface area contributed by atoms with E-state index in [1.54, 1.807) is 31.2 Å². The summed E-state index contributed by atoms with van der Waals surface area (Å²) < 4.78 is 5.72. The summed E-state index contributed by atoms with van der Waals surface area (Å²) in [6.45, 7) is 1.75. The molecule has 3 aromatic rings. The highest BCUT2D eigenvalue weighted by molar-refractivity contribution is 8.00. The summed E-state index contributed by atoms with van der Waals surface area (Å²) in [6.07, 6.45) is 1.41. The molecule has 0 aliphatic carbocycles. The fourth-order valence-corrected chi connectivity index (χ4v) is 2.89. The molecule has 6 nitrogen and oxygen atoms in total. The SMILES string of the molecule is C[C@H](Sc1nccc(=O)[nH]1)C(=O)Nc1ccc(Oc2ccccc2)cc1. The Balaban J connectivity index is 1.57. The number of ether oxygens (including phenoxy) is 1. The molecule has 0 saturated carbocycles. The summed E-state index contributed by atoms with van der Waals surface area (Å²) >= 11 is 1.19. The summed E-state index contributed by atoms with van der Waals surface area (Å²) in [4.78, 5) is 30.2. The molecule has 132 valence electrons. The van der Waals surface area contributed by atoms with E-state index in [1.807, 2.05) is 30.3 Å². The van der Waals surface area contributed by atoms with Gasteiger partial charge >= 0.3 is 0 Å². The van der Waals surface area contributed by atoms with Gasteiger partial charge in [0.2, 0.25) is 5.91 Å². The van der Waals surface area contributed by atoms with Crippen molar-refractivity contribution in [3.05, 3.63) is 77.2 Å². The van der Waals surface area contributed by atoms with Gasteiger partial charge in [0.25, 0.3) is 5.56 Å². The number of aromatic amines is 1. The van der Waals surface area contributed by atoms with E-state index in [4.69, 9.17) is 4.74 Å². The predicted molar refractivity (Wildman–Crippen MR) is 102 cm³/mol. The summed E-state index contributed by atoms with van der Waals surface area (Å²) in [5.41, 5.74) is 0.418. The third-order valence-corrected chi connectivity index (χ3v) is 4.40. The van der Waals surface area contributed by atoms with E-state index in [2.05, 4.69) is 15.3 Å². The normalized spacial score (nSPS) is 11.6. The van der Waals surface area contributed by atoms with Crippen molar-refractivity contribution >= 4 is 23.4 Å². The van der Waals surface area contributed by atoms with Gasteiger partial charge in [0, 0.05) is 18.0 Å². The highest BCUT2D eigenvalue weighted by Crippen LogP contribution is 2.24. The van der Waals surface area contributed by atoms with Crippen molar-refractivity contribution in [3.63, 3.8) is 0 Å². The van der Waals surface area contributed by atoms with Gasteiger partial charge in [0.15, 0.2) is 5.16 Å². The monoisotopic (exact) mass is 367 g/mol. The van der Waals surface area contributed by atoms with E-state index >= 15 is 0 Å². The average Bonchev–Trinajstić information content (AvgIpc) is 2.64. The minimum absolute atomic E-state index is 0.182. The van der Waals surface area contributed by atoms with Crippen LogP contribution >= 0.6 is 11.8 Å². The molecule has 1 amide bonds. The van der Waals surface area contributed by atoms with Crippen LogP contribution in [0.5, 0.6) is 11.5 Å². The zero-order valence-electron chi connectivity index (χ0n) is 14.0. The molecule has 26 heavy (non-hydrogen) atoms. The van der Waals surface area contributed by atoms with Crippen molar-refractivity contribution in [1.29, 1.82) is 0 Å². The lowest BCUT2D eigenvalue weighted by molar-refractivity contribution is -0.115. The van der Waals surface area contributed by atoms with Crippen LogP contribution in [0.2, 0.25) is 0 Å². The van der Waals surface area contributed by atoms with Gasteiger partial charge in [-0.1, -0.05) is 30.0 Å². The van der Waals surface area contributed by atoms with Crippen molar-refractivity contribution in [2.24, 2.45) is 0 Å². The Morgan fingerprint density at radius 1 is 1.08 bits per heavy atom. The lowest BCUT2D eigenvalue weighted by Crippen LogP contribution is -2.23. The Morgan fingerprint density at radius 3 is 2.46 bits per heavy atom. The van der Waals surface area contributed by atoms with Crippen LogP contribution in [0, 0.1) is 0 Å². The van der Waals surface area contributed by atoms with Gasteiger partial charge in [-0.15, -0.1) is 0 Å². The summed E-state index contributed by atoms with van der Waals surface area (Å²) in [5, 5.41) is 2.83. The van der Waals surface area contributed by atoms with Gasteiger partial charge in [-0.2, -0.15) is 0 Å². The number of carbonyl (C=O) groups excluding carboxylic acids is 1. The zero-order chi connectivity index (χ0) is 18.4. The summed E-state index contributed by atoms with van der Waals surface area (Å²) in [6, 6.07) is 17.9. The standard InChI is InChI=1S/C19H17N3O3S/c1-13(26-19-20-12-11-17(23)22-19)18(24)21-14-7-9-16(10-8-14)25-15-5-3-2-4-6-15/h2-13H,1H3,(H,21,24)(H,20,22,23)/t13-/m0/s1. The van der Waals surface area contributed by atoms with Crippen LogP contribution < -0.4 is 15.6 Å². The molecule has 3 rings (SSSR count). The first-order chi connectivity index (χ1) is 12.6. The maximum absolute atomic E-state index is 12.3. The zero-order valence-corrected chi connectivity index (χ0v) is 14.8. The molecule has 1 heterocycles. The van der Waals surface area contributed by atoms with Crippen molar-refractivity contribution in [3.8, 4) is 11.5 Å².